The van der Waals surface area contributed by atoms with E-state index in [1.807, 2.05) is 30.3 Å². The van der Waals surface area contributed by atoms with Gasteiger partial charge in [0.05, 0.1) is 17.5 Å². The molecule has 2 aromatic carbocycles. The molecular weight excluding hydrogens is 396 g/mol. The standard InChI is InChI=1S/C24H28N2O3S/c1-4-18-5-8-20(9-6-18)30(27,28)24-16-23(26-13-11-17(2)12-14-26)21-15-19(29-3)7-10-22(21)25-24/h5-10,15-17H,4,11-14H2,1-3H3. The first-order chi connectivity index (χ1) is 14.4. The second-order valence-corrected chi connectivity index (χ2v) is 9.93. The van der Waals surface area contributed by atoms with Gasteiger partial charge in [-0.3, -0.25) is 0 Å². The van der Waals surface area contributed by atoms with E-state index in [9.17, 15) is 8.42 Å². The highest BCUT2D eigenvalue weighted by molar-refractivity contribution is 7.91. The Bertz CT molecular complexity index is 1150. The van der Waals surface area contributed by atoms with E-state index in [2.05, 4.69) is 23.7 Å². The summed E-state index contributed by atoms with van der Waals surface area (Å²) in [5.41, 5.74) is 2.68. The van der Waals surface area contributed by atoms with Crippen molar-refractivity contribution in [1.29, 1.82) is 0 Å². The van der Waals surface area contributed by atoms with Gasteiger partial charge >= 0.3 is 0 Å². The minimum absolute atomic E-state index is 0.0954. The van der Waals surface area contributed by atoms with Gasteiger partial charge in [-0.1, -0.05) is 26.0 Å². The van der Waals surface area contributed by atoms with Gasteiger partial charge in [0.15, 0.2) is 5.03 Å². The van der Waals surface area contributed by atoms with Gasteiger partial charge in [-0.05, 0) is 67.1 Å². The van der Waals surface area contributed by atoms with Crippen LogP contribution in [0.2, 0.25) is 0 Å². The van der Waals surface area contributed by atoms with Crippen LogP contribution in [0, 0.1) is 5.92 Å². The van der Waals surface area contributed by atoms with Gasteiger partial charge in [0.2, 0.25) is 9.84 Å². The third kappa shape index (κ3) is 3.88. The Morgan fingerprint density at radius 1 is 1.07 bits per heavy atom. The summed E-state index contributed by atoms with van der Waals surface area (Å²) in [6, 6.07) is 14.4. The molecule has 0 amide bonds. The first-order valence-corrected chi connectivity index (χ1v) is 12.0. The fraction of sp³-hybridized carbons (Fsp3) is 0.375. The zero-order chi connectivity index (χ0) is 21.3. The van der Waals surface area contributed by atoms with Gasteiger partial charge in [-0.2, -0.15) is 0 Å². The molecule has 0 bridgehead atoms. The highest BCUT2D eigenvalue weighted by Crippen LogP contribution is 2.35. The average molecular weight is 425 g/mol. The Balaban J connectivity index is 1.86. The third-order valence-corrected chi connectivity index (χ3v) is 7.66. The number of hydrogen-bond donors (Lipinski definition) is 0. The number of benzene rings is 2. The van der Waals surface area contributed by atoms with Crippen LogP contribution in [-0.4, -0.2) is 33.6 Å². The molecule has 158 valence electrons. The molecule has 0 saturated carbocycles. The minimum atomic E-state index is -3.71. The summed E-state index contributed by atoms with van der Waals surface area (Å²) in [5, 5.41) is 1.02. The molecule has 1 aromatic heterocycles. The number of piperidine rings is 1. The molecule has 6 heteroatoms. The van der Waals surface area contributed by atoms with Crippen molar-refractivity contribution in [3.05, 3.63) is 54.1 Å². The molecule has 4 rings (SSSR count). The predicted molar refractivity (Wildman–Crippen MR) is 120 cm³/mol. The number of rotatable bonds is 5. The lowest BCUT2D eigenvalue weighted by Crippen LogP contribution is -2.33. The van der Waals surface area contributed by atoms with Crippen molar-refractivity contribution in [3.8, 4) is 5.75 Å². The molecule has 0 radical (unpaired) electrons. The summed E-state index contributed by atoms with van der Waals surface area (Å²) in [6.07, 6.45) is 3.05. The van der Waals surface area contributed by atoms with E-state index in [1.165, 1.54) is 0 Å². The molecule has 3 aromatic rings. The van der Waals surface area contributed by atoms with Crippen molar-refractivity contribution >= 4 is 26.4 Å². The topological polar surface area (TPSA) is 59.5 Å². The molecule has 1 aliphatic rings. The van der Waals surface area contributed by atoms with Gasteiger partial charge in [-0.25, -0.2) is 13.4 Å². The normalized spacial score (nSPS) is 15.5. The Hall–Kier alpha value is -2.60. The Morgan fingerprint density at radius 2 is 1.77 bits per heavy atom. The summed E-state index contributed by atoms with van der Waals surface area (Å²) < 4.78 is 32.2. The fourth-order valence-electron chi connectivity index (χ4n) is 3.96. The molecule has 0 N–H and O–H groups in total. The van der Waals surface area contributed by atoms with Crippen molar-refractivity contribution in [1.82, 2.24) is 4.98 Å². The predicted octanol–water partition coefficient (Wildman–Crippen LogP) is 4.87. The average Bonchev–Trinajstić information content (AvgIpc) is 2.78. The molecule has 0 atom stereocenters. The van der Waals surface area contributed by atoms with Gasteiger partial charge in [-0.15, -0.1) is 0 Å². The van der Waals surface area contributed by atoms with Crippen LogP contribution in [0.1, 0.15) is 32.3 Å². The number of aromatic nitrogens is 1. The molecule has 0 spiro atoms. The van der Waals surface area contributed by atoms with E-state index in [0.717, 1.165) is 54.7 Å². The first-order valence-electron chi connectivity index (χ1n) is 10.5. The molecule has 1 saturated heterocycles. The number of methoxy groups -OCH3 is 1. The maximum Gasteiger partial charge on any atom is 0.223 e. The van der Waals surface area contributed by atoms with Crippen LogP contribution in [0.5, 0.6) is 5.75 Å². The van der Waals surface area contributed by atoms with Gasteiger partial charge in [0.1, 0.15) is 5.75 Å². The number of pyridine rings is 1. The monoisotopic (exact) mass is 424 g/mol. The van der Waals surface area contributed by atoms with Gasteiger partial charge < -0.3 is 9.64 Å². The molecule has 5 nitrogen and oxygen atoms in total. The molecule has 0 unspecified atom stereocenters. The number of nitrogens with zero attached hydrogens (tertiary/aromatic N) is 2. The van der Waals surface area contributed by atoms with E-state index in [-0.39, 0.29) is 9.92 Å². The summed E-state index contributed by atoms with van der Waals surface area (Å²) in [6.45, 7) is 6.12. The lowest BCUT2D eigenvalue weighted by molar-refractivity contribution is 0.415. The molecule has 1 aliphatic heterocycles. The van der Waals surface area contributed by atoms with E-state index in [0.29, 0.717) is 11.4 Å². The molecular formula is C24H28N2O3S. The second kappa shape index (κ2) is 8.26. The van der Waals surface area contributed by atoms with Crippen molar-refractivity contribution < 1.29 is 13.2 Å². The quantitative estimate of drug-likeness (QED) is 0.584. The number of hydrogen-bond acceptors (Lipinski definition) is 5. The lowest BCUT2D eigenvalue weighted by Gasteiger charge is -2.33. The van der Waals surface area contributed by atoms with Gasteiger partial charge in [0.25, 0.3) is 0 Å². The third-order valence-electron chi connectivity index (χ3n) is 6.01. The first kappa shape index (κ1) is 20.7. The number of aryl methyl sites for hydroxylation is 1. The van der Waals surface area contributed by atoms with E-state index in [4.69, 9.17) is 4.74 Å². The minimum Gasteiger partial charge on any atom is -0.497 e. The van der Waals surface area contributed by atoms with Crippen molar-refractivity contribution in [2.45, 2.75) is 43.0 Å². The number of fused-ring (bicyclic) bond motifs is 1. The molecule has 2 heterocycles. The van der Waals surface area contributed by atoms with Crippen LogP contribution in [0.25, 0.3) is 10.9 Å². The van der Waals surface area contributed by atoms with Crippen LogP contribution >= 0.6 is 0 Å². The fourth-order valence-corrected chi connectivity index (χ4v) is 5.19. The number of sulfone groups is 1. The summed E-state index contributed by atoms with van der Waals surface area (Å²) in [5.74, 6) is 1.42. The van der Waals surface area contributed by atoms with E-state index in [1.54, 1.807) is 25.3 Å². The van der Waals surface area contributed by atoms with Crippen molar-refractivity contribution in [2.24, 2.45) is 5.92 Å². The van der Waals surface area contributed by atoms with Crippen molar-refractivity contribution in [2.75, 3.05) is 25.1 Å². The maximum absolute atomic E-state index is 13.4. The zero-order valence-electron chi connectivity index (χ0n) is 17.8. The van der Waals surface area contributed by atoms with Crippen LogP contribution < -0.4 is 9.64 Å². The summed E-state index contributed by atoms with van der Waals surface area (Å²) in [7, 11) is -2.08. The highest BCUT2D eigenvalue weighted by Gasteiger charge is 2.25. The molecule has 0 aliphatic carbocycles. The van der Waals surface area contributed by atoms with Crippen LogP contribution in [-0.2, 0) is 16.3 Å². The Kier molecular flexibility index (Phi) is 5.69. The number of anilines is 1. The molecule has 30 heavy (non-hydrogen) atoms. The number of ether oxygens (including phenoxy) is 1. The van der Waals surface area contributed by atoms with Gasteiger partial charge in [0, 0.05) is 24.2 Å². The Labute approximate surface area is 178 Å². The summed E-state index contributed by atoms with van der Waals surface area (Å²) in [4.78, 5) is 7.10. The van der Waals surface area contributed by atoms with Crippen molar-refractivity contribution in [3.63, 3.8) is 0 Å². The maximum atomic E-state index is 13.4. The second-order valence-electron chi connectivity index (χ2n) is 8.03. The zero-order valence-corrected chi connectivity index (χ0v) is 18.6. The van der Waals surface area contributed by atoms with E-state index < -0.39 is 9.84 Å². The highest BCUT2D eigenvalue weighted by atomic mass is 32.2. The van der Waals surface area contributed by atoms with E-state index >= 15 is 0 Å². The lowest BCUT2D eigenvalue weighted by atomic mass is 9.98. The molecule has 1 fully saturated rings. The Morgan fingerprint density at radius 3 is 2.40 bits per heavy atom. The smallest absolute Gasteiger partial charge is 0.223 e. The van der Waals surface area contributed by atoms with Crippen LogP contribution in [0.15, 0.2) is 58.5 Å². The largest absolute Gasteiger partial charge is 0.497 e. The summed E-state index contributed by atoms with van der Waals surface area (Å²) >= 11 is 0. The van der Waals surface area contributed by atoms with Crippen LogP contribution in [0.3, 0.4) is 0 Å². The van der Waals surface area contributed by atoms with Crippen LogP contribution in [0.4, 0.5) is 5.69 Å². The SMILES string of the molecule is CCc1ccc(S(=O)(=O)c2cc(N3CCC(C)CC3)c3cc(OC)ccc3n2)cc1.